The van der Waals surface area contributed by atoms with Crippen LogP contribution in [0.4, 0.5) is 0 Å². The molecule has 17 heteroatoms. The van der Waals surface area contributed by atoms with Crippen molar-refractivity contribution in [2.75, 3.05) is 39.5 Å². The average Bonchev–Trinajstić information content (AvgIpc) is 2.99. The number of hydrogen-bond donors (Lipinski definition) is 5. The highest BCUT2D eigenvalue weighted by atomic mass is 32.3. The molecule has 0 aliphatic carbocycles. The van der Waals surface area contributed by atoms with E-state index in [1.54, 1.807) is 4.57 Å². The first-order valence-electron chi connectivity index (χ1n) is 14.4. The van der Waals surface area contributed by atoms with Crippen LogP contribution in [0.3, 0.4) is 0 Å². The fourth-order valence-electron chi connectivity index (χ4n) is 4.76. The SMILES string of the molecule is CCOc1ccc(-n2c(CNC(CN3CCOCC3)c3ccc(C)cc3)nc3ccccc3c2=O)cc1.O=S(=O)(O)O.O=S(=O)(O)O. The Bertz CT molecular complexity index is 1820. The largest absolute Gasteiger partial charge is 0.494 e. The zero-order valence-electron chi connectivity index (χ0n) is 25.8. The number of benzene rings is 3. The molecule has 5 rings (SSSR count). The van der Waals surface area contributed by atoms with Gasteiger partial charge in [0.15, 0.2) is 0 Å². The second-order valence-corrected chi connectivity index (χ2v) is 12.1. The van der Waals surface area contributed by atoms with Crippen molar-refractivity contribution in [1.82, 2.24) is 19.8 Å². The number of para-hydroxylation sites is 1. The Kier molecular flexibility index (Phi) is 13.9. The summed E-state index contributed by atoms with van der Waals surface area (Å²) in [6, 6.07) is 23.9. The van der Waals surface area contributed by atoms with Crippen LogP contribution in [0.15, 0.2) is 77.6 Å². The first-order valence-corrected chi connectivity index (χ1v) is 17.2. The van der Waals surface area contributed by atoms with Crippen LogP contribution in [0.5, 0.6) is 5.75 Å². The molecule has 1 aromatic heterocycles. The number of nitrogens with one attached hydrogen (secondary N) is 1. The van der Waals surface area contributed by atoms with Crippen LogP contribution >= 0.6 is 0 Å². The summed E-state index contributed by atoms with van der Waals surface area (Å²) in [7, 11) is -9.33. The van der Waals surface area contributed by atoms with Crippen molar-refractivity contribution >= 4 is 31.7 Å². The van der Waals surface area contributed by atoms with Gasteiger partial charge < -0.3 is 14.8 Å². The molecule has 0 spiro atoms. The number of hydrogen-bond acceptors (Lipinski definition) is 10. The van der Waals surface area contributed by atoms with Crippen molar-refractivity contribution in [2.45, 2.75) is 26.4 Å². The molecule has 256 valence electrons. The van der Waals surface area contributed by atoms with Gasteiger partial charge in [-0.15, -0.1) is 0 Å². The smallest absolute Gasteiger partial charge is 0.394 e. The lowest BCUT2D eigenvalue weighted by Crippen LogP contribution is -2.42. The minimum absolute atomic E-state index is 0.0772. The molecule has 2 heterocycles. The van der Waals surface area contributed by atoms with E-state index in [1.165, 1.54) is 11.1 Å². The Morgan fingerprint density at radius 1 is 0.894 bits per heavy atom. The standard InChI is InChI=1S/C30H34N4O3.2H2O4S/c1-3-37-25-14-12-24(13-15-25)34-29(32-27-7-5-4-6-26(27)30(34)35)20-31-28(21-33-16-18-36-19-17-33)23-10-8-22(2)9-11-23;2*1-5(2,3)4/h4-15,28,31H,3,16-21H2,1-2H3;2*(H2,1,2,3,4). The zero-order valence-corrected chi connectivity index (χ0v) is 27.4. The third-order valence-corrected chi connectivity index (χ3v) is 6.78. The quantitative estimate of drug-likeness (QED) is 0.159. The summed E-state index contributed by atoms with van der Waals surface area (Å²) in [4.78, 5) is 21.0. The summed E-state index contributed by atoms with van der Waals surface area (Å²) >= 11 is 0. The molecule has 1 unspecified atom stereocenters. The molecule has 3 aromatic carbocycles. The lowest BCUT2D eigenvalue weighted by atomic mass is 10.0. The van der Waals surface area contributed by atoms with E-state index >= 15 is 0 Å². The van der Waals surface area contributed by atoms with E-state index in [2.05, 4.69) is 41.4 Å². The first kappa shape index (κ1) is 37.7. The van der Waals surface area contributed by atoms with Crippen LogP contribution in [-0.2, 0) is 32.1 Å². The molecular formula is C30H38N4O11S2. The fourth-order valence-corrected chi connectivity index (χ4v) is 4.76. The third-order valence-electron chi connectivity index (χ3n) is 6.78. The van der Waals surface area contributed by atoms with Gasteiger partial charge in [0.1, 0.15) is 11.6 Å². The van der Waals surface area contributed by atoms with Gasteiger partial charge >= 0.3 is 20.8 Å². The molecular weight excluding hydrogens is 656 g/mol. The minimum Gasteiger partial charge on any atom is -0.494 e. The minimum atomic E-state index is -4.67. The summed E-state index contributed by atoms with van der Waals surface area (Å²) in [5.74, 6) is 1.45. The number of ether oxygens (including phenoxy) is 2. The molecule has 1 aliphatic rings. The molecule has 4 aromatic rings. The molecule has 0 saturated carbocycles. The van der Waals surface area contributed by atoms with Crippen LogP contribution in [0.1, 0.15) is 29.9 Å². The number of rotatable bonds is 9. The maximum Gasteiger partial charge on any atom is 0.394 e. The summed E-state index contributed by atoms with van der Waals surface area (Å²) in [6.07, 6.45) is 0. The van der Waals surface area contributed by atoms with Crippen molar-refractivity contribution < 1.29 is 44.5 Å². The normalized spacial score (nSPS) is 14.3. The molecule has 15 nitrogen and oxygen atoms in total. The number of fused-ring (bicyclic) bond motifs is 1. The number of nitrogens with zero attached hydrogens (tertiary/aromatic N) is 3. The topological polar surface area (TPSA) is 218 Å². The van der Waals surface area contributed by atoms with E-state index < -0.39 is 20.8 Å². The fraction of sp³-hybridized carbons (Fsp3) is 0.333. The van der Waals surface area contributed by atoms with Crippen molar-refractivity contribution in [1.29, 1.82) is 0 Å². The molecule has 0 radical (unpaired) electrons. The monoisotopic (exact) mass is 694 g/mol. The predicted octanol–water partition coefficient (Wildman–Crippen LogP) is 2.95. The Hall–Kier alpha value is -3.78. The van der Waals surface area contributed by atoms with Crippen molar-refractivity contribution in [3.63, 3.8) is 0 Å². The van der Waals surface area contributed by atoms with Gasteiger partial charge in [-0.2, -0.15) is 16.8 Å². The highest BCUT2D eigenvalue weighted by Crippen LogP contribution is 2.20. The molecule has 1 saturated heterocycles. The molecule has 0 amide bonds. The number of aromatic nitrogens is 2. The van der Waals surface area contributed by atoms with Gasteiger partial charge in [0, 0.05) is 25.7 Å². The lowest BCUT2D eigenvalue weighted by Gasteiger charge is -2.31. The van der Waals surface area contributed by atoms with Gasteiger partial charge in [-0.05, 0) is 55.8 Å². The van der Waals surface area contributed by atoms with E-state index in [0.29, 0.717) is 29.9 Å². The Morgan fingerprint density at radius 3 is 2.04 bits per heavy atom. The average molecular weight is 695 g/mol. The Labute approximate surface area is 272 Å². The maximum absolute atomic E-state index is 13.7. The van der Waals surface area contributed by atoms with Gasteiger partial charge in [-0.1, -0.05) is 42.0 Å². The number of morpholine rings is 1. The second-order valence-electron chi connectivity index (χ2n) is 10.3. The lowest BCUT2D eigenvalue weighted by molar-refractivity contribution is 0.0333. The molecule has 1 aliphatic heterocycles. The second kappa shape index (κ2) is 17.4. The van der Waals surface area contributed by atoms with Gasteiger partial charge in [0.05, 0.1) is 43.0 Å². The summed E-state index contributed by atoms with van der Waals surface area (Å²) in [5, 5.41) is 4.32. The van der Waals surface area contributed by atoms with E-state index in [0.717, 1.165) is 44.3 Å². The Morgan fingerprint density at radius 2 is 1.47 bits per heavy atom. The Balaban J connectivity index is 0.000000526. The van der Waals surface area contributed by atoms with E-state index in [-0.39, 0.29) is 11.6 Å². The van der Waals surface area contributed by atoms with Gasteiger partial charge in [0.2, 0.25) is 0 Å². The molecule has 1 fully saturated rings. The van der Waals surface area contributed by atoms with Crippen LogP contribution in [-0.4, -0.2) is 89.0 Å². The van der Waals surface area contributed by atoms with Crippen molar-refractivity contribution in [3.05, 3.63) is 100 Å². The van der Waals surface area contributed by atoms with Gasteiger partial charge in [0.25, 0.3) is 5.56 Å². The van der Waals surface area contributed by atoms with E-state index in [9.17, 15) is 4.79 Å². The first-order chi connectivity index (χ1) is 22.1. The molecule has 1 atom stereocenters. The zero-order chi connectivity index (χ0) is 34.6. The highest BCUT2D eigenvalue weighted by Gasteiger charge is 2.20. The maximum atomic E-state index is 13.7. The molecule has 47 heavy (non-hydrogen) atoms. The summed E-state index contributed by atoms with van der Waals surface area (Å²) in [6.45, 7) is 9.27. The van der Waals surface area contributed by atoms with Crippen molar-refractivity contribution in [2.24, 2.45) is 0 Å². The van der Waals surface area contributed by atoms with Crippen LogP contribution in [0.2, 0.25) is 0 Å². The van der Waals surface area contributed by atoms with Crippen LogP contribution in [0.25, 0.3) is 16.6 Å². The van der Waals surface area contributed by atoms with Gasteiger partial charge in [-0.25, -0.2) is 4.98 Å². The van der Waals surface area contributed by atoms with Gasteiger partial charge in [-0.3, -0.25) is 32.5 Å². The predicted molar refractivity (Wildman–Crippen MR) is 175 cm³/mol. The summed E-state index contributed by atoms with van der Waals surface area (Å²) < 4.78 is 76.0. The highest BCUT2D eigenvalue weighted by molar-refractivity contribution is 7.80. The third kappa shape index (κ3) is 13.5. The van der Waals surface area contributed by atoms with Crippen LogP contribution in [0, 0.1) is 6.92 Å². The summed E-state index contributed by atoms with van der Waals surface area (Å²) in [5.41, 5.74) is 3.84. The van der Waals surface area contributed by atoms with E-state index in [1.807, 2.05) is 55.5 Å². The molecule has 0 bridgehead atoms. The van der Waals surface area contributed by atoms with Crippen molar-refractivity contribution in [3.8, 4) is 11.4 Å². The number of aryl methyl sites for hydroxylation is 1. The van der Waals surface area contributed by atoms with Crippen LogP contribution < -0.4 is 15.6 Å². The van der Waals surface area contributed by atoms with E-state index in [4.69, 9.17) is 49.5 Å². The molecule has 5 N–H and O–H groups in total.